The first-order valence-electron chi connectivity index (χ1n) is 5.55. The van der Waals surface area contributed by atoms with Crippen molar-refractivity contribution in [1.29, 1.82) is 0 Å². The highest BCUT2D eigenvalue weighted by molar-refractivity contribution is 9.11. The lowest BCUT2D eigenvalue weighted by Gasteiger charge is -2.07. The van der Waals surface area contributed by atoms with Gasteiger partial charge in [-0.15, -0.1) is 11.3 Å². The normalized spacial score (nSPS) is 10.3. The van der Waals surface area contributed by atoms with Gasteiger partial charge < -0.3 is 11.1 Å². The molecule has 3 N–H and O–H groups in total. The molecule has 1 amide bonds. The third-order valence-electron chi connectivity index (χ3n) is 2.58. The number of nitrogens with one attached hydrogen (secondary N) is 1. The molecule has 104 valence electrons. The number of hydrogen-bond acceptors (Lipinski definition) is 3. The van der Waals surface area contributed by atoms with Crippen LogP contribution in [0.4, 0.5) is 5.69 Å². The minimum atomic E-state index is -0.200. The third kappa shape index (κ3) is 3.38. The minimum absolute atomic E-state index is 0.200. The number of rotatable bonds is 3. The van der Waals surface area contributed by atoms with E-state index in [1.807, 2.05) is 13.0 Å². The van der Waals surface area contributed by atoms with Gasteiger partial charge in [0.15, 0.2) is 0 Å². The minimum Gasteiger partial charge on any atom is -0.389 e. The Hall–Kier alpha value is -0.950. The van der Waals surface area contributed by atoms with Gasteiger partial charge in [-0.3, -0.25) is 4.79 Å². The molecule has 1 heterocycles. The van der Waals surface area contributed by atoms with Gasteiger partial charge in [0.25, 0.3) is 5.91 Å². The lowest BCUT2D eigenvalue weighted by atomic mass is 10.2. The molecule has 1 aromatic carbocycles. The summed E-state index contributed by atoms with van der Waals surface area (Å²) in [5.74, 6) is -0.200. The van der Waals surface area contributed by atoms with E-state index in [-0.39, 0.29) is 10.9 Å². The zero-order chi connectivity index (χ0) is 14.9. The molecule has 20 heavy (non-hydrogen) atoms. The number of halogens is 2. The Morgan fingerprint density at radius 1 is 1.45 bits per heavy atom. The predicted molar refractivity (Wildman–Crippen MR) is 92.0 cm³/mol. The molecule has 0 aliphatic rings. The van der Waals surface area contributed by atoms with Crippen molar-refractivity contribution in [2.45, 2.75) is 6.92 Å². The SMILES string of the molecule is Cc1cc(C(=O)Nc2ccc(C(N)=S)cc2Cl)sc1Br. The van der Waals surface area contributed by atoms with Crippen molar-refractivity contribution in [3.8, 4) is 0 Å². The molecule has 2 aromatic rings. The van der Waals surface area contributed by atoms with Crippen LogP contribution in [0.1, 0.15) is 20.8 Å². The van der Waals surface area contributed by atoms with Gasteiger partial charge in [-0.1, -0.05) is 23.8 Å². The van der Waals surface area contributed by atoms with Gasteiger partial charge >= 0.3 is 0 Å². The van der Waals surface area contributed by atoms with Gasteiger partial charge in [0.05, 0.1) is 19.4 Å². The van der Waals surface area contributed by atoms with Crippen LogP contribution in [-0.2, 0) is 0 Å². The summed E-state index contributed by atoms with van der Waals surface area (Å²) in [6.07, 6.45) is 0. The highest BCUT2D eigenvalue weighted by Gasteiger charge is 2.13. The molecule has 0 atom stereocenters. The summed E-state index contributed by atoms with van der Waals surface area (Å²) in [6.45, 7) is 1.93. The maximum absolute atomic E-state index is 12.1. The molecule has 0 unspecified atom stereocenters. The molecule has 0 radical (unpaired) electrons. The summed E-state index contributed by atoms with van der Waals surface area (Å²) in [5.41, 5.74) is 7.74. The summed E-state index contributed by atoms with van der Waals surface area (Å²) >= 11 is 15.8. The van der Waals surface area contributed by atoms with Crippen LogP contribution < -0.4 is 11.1 Å². The van der Waals surface area contributed by atoms with E-state index >= 15 is 0 Å². The second-order valence-corrected chi connectivity index (χ2v) is 7.30. The molecular weight excluding hydrogens is 380 g/mol. The van der Waals surface area contributed by atoms with Crippen LogP contribution in [0.15, 0.2) is 28.1 Å². The summed E-state index contributed by atoms with van der Waals surface area (Å²) in [7, 11) is 0. The molecule has 0 aliphatic heterocycles. The van der Waals surface area contributed by atoms with Gasteiger partial charge in [0, 0.05) is 5.56 Å². The van der Waals surface area contributed by atoms with E-state index in [1.54, 1.807) is 18.2 Å². The fraction of sp³-hybridized carbons (Fsp3) is 0.0769. The molecule has 0 saturated heterocycles. The summed E-state index contributed by atoms with van der Waals surface area (Å²) in [6, 6.07) is 6.86. The number of thiocarbonyl (C=S) groups is 1. The van der Waals surface area contributed by atoms with Gasteiger partial charge in [0.1, 0.15) is 4.99 Å². The lowest BCUT2D eigenvalue weighted by molar-refractivity contribution is 0.103. The van der Waals surface area contributed by atoms with E-state index in [2.05, 4.69) is 21.2 Å². The maximum atomic E-state index is 12.1. The highest BCUT2D eigenvalue weighted by atomic mass is 79.9. The number of benzene rings is 1. The molecule has 0 bridgehead atoms. The van der Waals surface area contributed by atoms with E-state index < -0.39 is 0 Å². The average Bonchev–Trinajstić information content (AvgIpc) is 2.72. The first kappa shape index (κ1) is 15.4. The first-order valence-corrected chi connectivity index (χ1v) is 7.94. The third-order valence-corrected chi connectivity index (χ3v) is 5.27. The number of aryl methyl sites for hydroxylation is 1. The Balaban J connectivity index is 2.21. The molecule has 0 aliphatic carbocycles. The van der Waals surface area contributed by atoms with Crippen molar-refractivity contribution in [3.63, 3.8) is 0 Å². The monoisotopic (exact) mass is 388 g/mol. The second-order valence-electron chi connectivity index (χ2n) is 4.08. The lowest BCUT2D eigenvalue weighted by Crippen LogP contribution is -2.12. The number of nitrogens with two attached hydrogens (primary N) is 1. The summed E-state index contributed by atoms with van der Waals surface area (Å²) < 4.78 is 0.942. The van der Waals surface area contributed by atoms with Crippen molar-refractivity contribution >= 4 is 67.7 Å². The number of hydrogen-bond donors (Lipinski definition) is 2. The Kier molecular flexibility index (Phi) is 4.80. The van der Waals surface area contributed by atoms with Gasteiger partial charge in [-0.2, -0.15) is 0 Å². The van der Waals surface area contributed by atoms with Crippen LogP contribution in [0.25, 0.3) is 0 Å². The topological polar surface area (TPSA) is 55.1 Å². The van der Waals surface area contributed by atoms with E-state index in [1.165, 1.54) is 11.3 Å². The van der Waals surface area contributed by atoms with E-state index in [0.29, 0.717) is 21.2 Å². The van der Waals surface area contributed by atoms with Crippen molar-refractivity contribution in [2.75, 3.05) is 5.32 Å². The molecule has 1 aromatic heterocycles. The number of carbonyl (C=O) groups is 1. The van der Waals surface area contributed by atoms with Crippen molar-refractivity contribution in [1.82, 2.24) is 0 Å². The molecule has 2 rings (SSSR count). The molecular formula is C13H10BrClN2OS2. The van der Waals surface area contributed by atoms with Crippen molar-refractivity contribution in [3.05, 3.63) is 49.1 Å². The maximum Gasteiger partial charge on any atom is 0.265 e. The molecule has 0 fully saturated rings. The molecule has 0 spiro atoms. The summed E-state index contributed by atoms with van der Waals surface area (Å²) in [4.78, 5) is 13.0. The molecule has 0 saturated carbocycles. The largest absolute Gasteiger partial charge is 0.389 e. The van der Waals surface area contributed by atoms with Crippen molar-refractivity contribution < 1.29 is 4.79 Å². The highest BCUT2D eigenvalue weighted by Crippen LogP contribution is 2.29. The average molecular weight is 390 g/mol. The van der Waals surface area contributed by atoms with Crippen LogP contribution >= 0.6 is 51.1 Å². The predicted octanol–water partition coefficient (Wildman–Crippen LogP) is 4.36. The second kappa shape index (κ2) is 6.22. The Morgan fingerprint density at radius 2 is 2.15 bits per heavy atom. The Bertz CT molecular complexity index is 680. The Morgan fingerprint density at radius 3 is 2.65 bits per heavy atom. The number of amides is 1. The van der Waals surface area contributed by atoms with Crippen LogP contribution in [-0.4, -0.2) is 10.9 Å². The fourth-order valence-corrected chi connectivity index (χ4v) is 3.31. The van der Waals surface area contributed by atoms with Gasteiger partial charge in [-0.05, 0) is 52.7 Å². The van der Waals surface area contributed by atoms with Gasteiger partial charge in [0.2, 0.25) is 0 Å². The number of thiophene rings is 1. The summed E-state index contributed by atoms with van der Waals surface area (Å²) in [5, 5.41) is 3.17. The van der Waals surface area contributed by atoms with Crippen LogP contribution in [0, 0.1) is 6.92 Å². The standard InChI is InChI=1S/C13H10BrClN2OS2/c1-6-4-10(20-11(6)14)13(18)17-9-3-2-7(12(16)19)5-8(9)15/h2-5H,1H3,(H2,16,19)(H,17,18). The van der Waals surface area contributed by atoms with E-state index in [0.717, 1.165) is 9.35 Å². The van der Waals surface area contributed by atoms with Gasteiger partial charge in [-0.25, -0.2) is 0 Å². The van der Waals surface area contributed by atoms with Crippen LogP contribution in [0.2, 0.25) is 5.02 Å². The molecule has 7 heteroatoms. The zero-order valence-electron chi connectivity index (χ0n) is 10.4. The van der Waals surface area contributed by atoms with Crippen molar-refractivity contribution in [2.24, 2.45) is 5.73 Å². The first-order chi connectivity index (χ1) is 9.38. The molecule has 3 nitrogen and oxygen atoms in total. The zero-order valence-corrected chi connectivity index (χ0v) is 14.3. The van der Waals surface area contributed by atoms with Crippen LogP contribution in [0.3, 0.4) is 0 Å². The number of anilines is 1. The van der Waals surface area contributed by atoms with Crippen LogP contribution in [0.5, 0.6) is 0 Å². The Labute approximate surface area is 139 Å². The quantitative estimate of drug-likeness (QED) is 0.767. The van der Waals surface area contributed by atoms with E-state index in [9.17, 15) is 4.79 Å². The number of carbonyl (C=O) groups excluding carboxylic acids is 1. The fourth-order valence-electron chi connectivity index (χ4n) is 1.53. The smallest absolute Gasteiger partial charge is 0.265 e. The van der Waals surface area contributed by atoms with E-state index in [4.69, 9.17) is 29.6 Å².